The maximum Gasteiger partial charge on any atom is 0.264 e. The quantitative estimate of drug-likeness (QED) is 0.0148. The Morgan fingerprint density at radius 2 is 1.54 bits per heavy atom. The van der Waals surface area contributed by atoms with Crippen molar-refractivity contribution in [3.8, 4) is 11.1 Å². The van der Waals surface area contributed by atoms with E-state index in [9.17, 15) is 13.0 Å². The minimum atomic E-state index is -4.03. The third kappa shape index (κ3) is 10.6. The Bertz CT molecular complexity index is 2370. The Hall–Kier alpha value is -4.06. The zero-order valence-corrected chi connectivity index (χ0v) is 36.1. The molecule has 2 heterocycles. The first-order valence-electron chi connectivity index (χ1n) is 19.5. The number of fused-ring (bicyclic) bond motifs is 4. The maximum absolute atomic E-state index is 11.5. The summed E-state index contributed by atoms with van der Waals surface area (Å²) >= 11 is 2.00. The predicted octanol–water partition coefficient (Wildman–Crippen LogP) is 11.2. The molecule has 0 unspecified atom stereocenters. The Morgan fingerprint density at radius 3 is 2.31 bits per heavy atom. The number of rotatable bonds is 20. The second-order valence-corrected chi connectivity index (χ2v) is 18.6. The van der Waals surface area contributed by atoms with Crippen molar-refractivity contribution >= 4 is 62.1 Å². The van der Waals surface area contributed by atoms with Gasteiger partial charge in [-0.05, 0) is 90.9 Å². The van der Waals surface area contributed by atoms with Crippen molar-refractivity contribution in [2.45, 2.75) is 69.1 Å². The molecule has 59 heavy (non-hydrogen) atoms. The zero-order valence-electron chi connectivity index (χ0n) is 33.6. The number of hydrogen-bond acceptors (Lipinski definition) is 11. The third-order valence-electron chi connectivity index (χ3n) is 10.9. The van der Waals surface area contributed by atoms with Crippen molar-refractivity contribution in [2.24, 2.45) is 0 Å². The zero-order chi connectivity index (χ0) is 42.0. The molecule has 0 fully saturated rings. The third-order valence-corrected chi connectivity index (χ3v) is 12.9. The number of hydrogen-bond donors (Lipinski definition) is 3. The van der Waals surface area contributed by atoms with Crippen LogP contribution in [-0.2, 0) is 39.7 Å². The highest BCUT2D eigenvalue weighted by molar-refractivity contribution is 7.94. The summed E-state index contributed by atoms with van der Waals surface area (Å²) in [5.74, 6) is 0.409. The molecule has 2 aliphatic rings. The summed E-state index contributed by atoms with van der Waals surface area (Å²) in [6.45, 7) is 10.3. The van der Waals surface area contributed by atoms with E-state index in [0.29, 0.717) is 25.1 Å². The van der Waals surface area contributed by atoms with Gasteiger partial charge in [0.25, 0.3) is 10.1 Å². The number of benzene rings is 4. The first-order chi connectivity index (χ1) is 28.4. The highest BCUT2D eigenvalue weighted by Crippen LogP contribution is 2.49. The molecule has 0 spiro atoms. The smallest absolute Gasteiger partial charge is 0.264 e. The van der Waals surface area contributed by atoms with Crippen molar-refractivity contribution in [1.82, 2.24) is 0 Å². The Balaban J connectivity index is 1.24. The molecule has 11 nitrogen and oxygen atoms in total. The number of allylic oxidation sites excluding steroid dienone is 8. The Kier molecular flexibility index (Phi) is 15.1. The highest BCUT2D eigenvalue weighted by atomic mass is 32.2. The highest BCUT2D eigenvalue weighted by Gasteiger charge is 2.45. The molecule has 0 bridgehead atoms. The molecule has 312 valence electrons. The summed E-state index contributed by atoms with van der Waals surface area (Å²) in [6, 6.07) is 27.1. The van der Waals surface area contributed by atoms with E-state index in [2.05, 4.69) is 123 Å². The lowest BCUT2D eigenvalue weighted by Gasteiger charge is -2.27. The van der Waals surface area contributed by atoms with E-state index in [1.807, 2.05) is 54.6 Å². The van der Waals surface area contributed by atoms with Gasteiger partial charge in [-0.1, -0.05) is 103 Å². The molecule has 0 atom stereocenters. The molecule has 6 rings (SSSR count). The van der Waals surface area contributed by atoms with Gasteiger partial charge in [-0.15, -0.1) is 8.67 Å². The lowest BCUT2D eigenvalue weighted by Crippen LogP contribution is -2.28. The van der Waals surface area contributed by atoms with Gasteiger partial charge in [0.05, 0.1) is 23.2 Å². The molecule has 0 amide bonds. The van der Waals surface area contributed by atoms with Crippen molar-refractivity contribution in [1.29, 1.82) is 0 Å². The summed E-state index contributed by atoms with van der Waals surface area (Å²) < 4.78 is 43.9. The molecule has 0 saturated heterocycles. The van der Waals surface area contributed by atoms with Crippen LogP contribution in [0.25, 0.3) is 21.9 Å². The molecular formula is C45H51N2O9S3+. The van der Waals surface area contributed by atoms with E-state index < -0.39 is 10.1 Å². The van der Waals surface area contributed by atoms with E-state index in [1.54, 1.807) is 0 Å². The molecule has 2 aliphatic heterocycles. The van der Waals surface area contributed by atoms with Crippen molar-refractivity contribution < 1.29 is 46.8 Å². The van der Waals surface area contributed by atoms with Crippen LogP contribution in [0.15, 0.2) is 132 Å². The van der Waals surface area contributed by atoms with Gasteiger partial charge in [-0.2, -0.15) is 13.0 Å². The first kappa shape index (κ1) is 44.5. The fourth-order valence-corrected chi connectivity index (χ4v) is 9.59. The minimum Gasteiger partial charge on any atom is -0.344 e. The summed E-state index contributed by atoms with van der Waals surface area (Å²) in [7, 11) is -4.03. The Morgan fingerprint density at radius 1 is 0.780 bits per heavy atom. The summed E-state index contributed by atoms with van der Waals surface area (Å²) in [5.41, 5.74) is 8.58. The topological polar surface area (TPSA) is 138 Å². The molecule has 4 aromatic carbocycles. The number of unbranched alkanes of at least 4 members (excludes halogenated alkanes) is 2. The average molecular weight is 860 g/mol. The van der Waals surface area contributed by atoms with Crippen LogP contribution in [0.1, 0.15) is 64.5 Å². The molecule has 14 heteroatoms. The van der Waals surface area contributed by atoms with Crippen LogP contribution in [0.3, 0.4) is 0 Å². The number of anilines is 1. The summed E-state index contributed by atoms with van der Waals surface area (Å²) in [5, 5.41) is 26.8. The van der Waals surface area contributed by atoms with Gasteiger partial charge >= 0.3 is 0 Å². The van der Waals surface area contributed by atoms with Gasteiger partial charge in [0, 0.05) is 70.2 Å². The maximum atomic E-state index is 11.5. The van der Waals surface area contributed by atoms with Gasteiger partial charge in [0.2, 0.25) is 5.69 Å². The lowest BCUT2D eigenvalue weighted by atomic mass is 9.79. The fraction of sp³-hybridized carbons (Fsp3) is 0.311. The van der Waals surface area contributed by atoms with E-state index in [0.717, 1.165) is 87.3 Å². The van der Waals surface area contributed by atoms with Crippen molar-refractivity contribution in [2.75, 3.05) is 29.5 Å². The SMILES string of the molecule is CC1(C)C(/C=C/C=C/C=C/C=C2/N(CCCCS(=O)(=O)O)c3cc(-c4ccccc4)ccc3C2(C)C)=[N+](CCCCSOOO)c2ccc3cc(SOOO)ccc3c21. The predicted molar refractivity (Wildman–Crippen MR) is 237 cm³/mol. The first-order valence-corrected chi connectivity index (χ1v) is 22.7. The van der Waals surface area contributed by atoms with E-state index >= 15 is 0 Å². The van der Waals surface area contributed by atoms with Crippen LogP contribution in [-0.4, -0.2) is 58.4 Å². The summed E-state index contributed by atoms with van der Waals surface area (Å²) in [6.07, 6.45) is 17.2. The monoisotopic (exact) mass is 859 g/mol. The van der Waals surface area contributed by atoms with Crippen molar-refractivity contribution in [3.05, 3.63) is 138 Å². The molecule has 0 saturated carbocycles. The fourth-order valence-electron chi connectivity index (χ4n) is 8.18. The molecule has 0 aromatic heterocycles. The average Bonchev–Trinajstić information content (AvgIpc) is 3.56. The van der Waals surface area contributed by atoms with Crippen LogP contribution >= 0.6 is 24.1 Å². The number of nitrogens with zero attached hydrogens (tertiary/aromatic N) is 2. The Labute approximate surface area is 355 Å². The van der Waals surface area contributed by atoms with E-state index in [4.69, 9.17) is 10.5 Å². The van der Waals surface area contributed by atoms with E-state index in [-0.39, 0.29) is 16.6 Å². The van der Waals surface area contributed by atoms with Gasteiger partial charge in [0.15, 0.2) is 5.71 Å². The van der Waals surface area contributed by atoms with Gasteiger partial charge in [-0.3, -0.25) is 4.55 Å². The van der Waals surface area contributed by atoms with Crippen LogP contribution in [0.5, 0.6) is 0 Å². The van der Waals surface area contributed by atoms with Crippen LogP contribution in [0.2, 0.25) is 0 Å². The largest absolute Gasteiger partial charge is 0.344 e. The van der Waals surface area contributed by atoms with Crippen LogP contribution in [0, 0.1) is 0 Å². The standard InChI is InChI=1S/C45H50N2O9S3/c1-44(2)38-25-21-34(33-17-9-8-10-18-33)32-40(38)47(28-14-16-30-59(50,51)52)41(44)19-11-6-5-7-12-20-42-45(3,4)43-37-24-23-36(58-56-54-49)31-35(37)22-26-39(43)46(42)27-13-15-29-57-55-53-48/h5-12,17-26,31-32H,13-16,27-30H2,1-4H3,(H2-,48,49,50,51,52)/p+1. The van der Waals surface area contributed by atoms with Crippen LogP contribution < -0.4 is 4.90 Å². The molecular weight excluding hydrogens is 809 g/mol. The molecule has 4 aromatic rings. The molecule has 0 aliphatic carbocycles. The van der Waals surface area contributed by atoms with Gasteiger partial charge in [-0.25, -0.2) is 10.5 Å². The van der Waals surface area contributed by atoms with Gasteiger partial charge in [0.1, 0.15) is 6.54 Å². The second kappa shape index (κ2) is 20.0. The second-order valence-electron chi connectivity index (χ2n) is 15.5. The minimum absolute atomic E-state index is 0.261. The van der Waals surface area contributed by atoms with Gasteiger partial charge < -0.3 is 4.90 Å². The van der Waals surface area contributed by atoms with Crippen molar-refractivity contribution in [3.63, 3.8) is 0 Å². The van der Waals surface area contributed by atoms with E-state index in [1.165, 1.54) is 16.8 Å². The summed E-state index contributed by atoms with van der Waals surface area (Å²) in [4.78, 5) is 3.09. The van der Waals surface area contributed by atoms with Crippen LogP contribution in [0.4, 0.5) is 11.4 Å². The lowest BCUT2D eigenvalue weighted by molar-refractivity contribution is -0.438. The molecule has 3 N–H and O–H groups in total. The normalized spacial score (nSPS) is 16.8. The molecule has 0 radical (unpaired) electrons.